The monoisotopic (exact) mass is 498 g/mol. The second kappa shape index (κ2) is 16.7. The third-order valence-electron chi connectivity index (χ3n) is 4.73. The van der Waals surface area contributed by atoms with Crippen molar-refractivity contribution in [3.8, 4) is 34.7 Å². The van der Waals surface area contributed by atoms with Gasteiger partial charge in [0.2, 0.25) is 5.82 Å². The Bertz CT molecular complexity index is 1060. The Morgan fingerprint density at radius 3 is 2.51 bits per heavy atom. The van der Waals surface area contributed by atoms with E-state index in [0.717, 1.165) is 30.4 Å². The van der Waals surface area contributed by atoms with Crippen LogP contribution in [0, 0.1) is 11.3 Å². The van der Waals surface area contributed by atoms with Gasteiger partial charge in [-0.15, -0.1) is 0 Å². The van der Waals surface area contributed by atoms with Crippen LogP contribution in [-0.2, 0) is 12.8 Å². The molecule has 0 atom stereocenters. The molecule has 1 heterocycles. The van der Waals surface area contributed by atoms with Gasteiger partial charge >= 0.3 is 0 Å². The van der Waals surface area contributed by atoms with E-state index in [0.29, 0.717) is 34.3 Å². The molecule has 0 unspecified atom stereocenters. The van der Waals surface area contributed by atoms with Crippen LogP contribution in [0.1, 0.15) is 64.7 Å². The summed E-state index contributed by atoms with van der Waals surface area (Å²) >= 11 is 1.15. The highest BCUT2D eigenvalue weighted by Crippen LogP contribution is 2.32. The number of hydrogen-bond acceptors (Lipinski definition) is 8. The van der Waals surface area contributed by atoms with Crippen LogP contribution >= 0.6 is 11.9 Å². The Morgan fingerprint density at radius 2 is 1.91 bits per heavy atom. The van der Waals surface area contributed by atoms with Gasteiger partial charge in [-0.2, -0.15) is 10.2 Å². The van der Waals surface area contributed by atoms with Crippen molar-refractivity contribution < 1.29 is 14.4 Å². The first-order valence-electron chi connectivity index (χ1n) is 12.2. The van der Waals surface area contributed by atoms with E-state index in [1.54, 1.807) is 12.1 Å². The molecule has 7 nitrogen and oxygen atoms in total. The SMILES string of the molecule is CC.CC.CC(C)Oc1ccc(-c2nc(-c3cccc4c3CCC4)no2)cc1C#N.NSCCO. The van der Waals surface area contributed by atoms with Crippen LogP contribution in [0.5, 0.6) is 5.75 Å². The molecular weight excluding hydrogens is 460 g/mol. The third-order valence-corrected chi connectivity index (χ3v) is 5.15. The van der Waals surface area contributed by atoms with E-state index in [4.69, 9.17) is 19.5 Å². The van der Waals surface area contributed by atoms with Crippen LogP contribution in [-0.4, -0.2) is 33.7 Å². The predicted molar refractivity (Wildman–Crippen MR) is 144 cm³/mol. The van der Waals surface area contributed by atoms with E-state index in [9.17, 15) is 5.26 Å². The number of ether oxygens (including phenoxy) is 1. The van der Waals surface area contributed by atoms with Gasteiger partial charge in [0.1, 0.15) is 11.8 Å². The molecule has 0 saturated carbocycles. The van der Waals surface area contributed by atoms with Gasteiger partial charge in [-0.1, -0.05) is 63.0 Å². The van der Waals surface area contributed by atoms with Crippen molar-refractivity contribution in [2.45, 2.75) is 66.9 Å². The Hall–Kier alpha value is -2.86. The maximum atomic E-state index is 9.40. The first kappa shape index (κ1) is 30.2. The Kier molecular flexibility index (Phi) is 14.4. The molecule has 0 amide bonds. The Labute approximate surface area is 213 Å². The smallest absolute Gasteiger partial charge is 0.258 e. The molecule has 1 aliphatic rings. The highest BCUT2D eigenvalue weighted by molar-refractivity contribution is 7.97. The lowest BCUT2D eigenvalue weighted by atomic mass is 10.0. The highest BCUT2D eigenvalue weighted by Gasteiger charge is 2.20. The van der Waals surface area contributed by atoms with Crippen LogP contribution in [0.4, 0.5) is 0 Å². The topological polar surface area (TPSA) is 118 Å². The van der Waals surface area contributed by atoms with Crippen molar-refractivity contribution in [2.75, 3.05) is 12.4 Å². The number of fused-ring (bicyclic) bond motifs is 1. The lowest BCUT2D eigenvalue weighted by Crippen LogP contribution is -2.06. The summed E-state index contributed by atoms with van der Waals surface area (Å²) in [6.45, 7) is 12.0. The summed E-state index contributed by atoms with van der Waals surface area (Å²) in [5, 5.41) is 26.4. The van der Waals surface area contributed by atoms with E-state index >= 15 is 0 Å². The second-order valence-electron chi connectivity index (χ2n) is 7.30. The fraction of sp³-hybridized carbons (Fsp3) is 0.444. The first-order chi connectivity index (χ1) is 17.1. The van der Waals surface area contributed by atoms with Gasteiger partial charge in [-0.05, 0) is 62.4 Å². The predicted octanol–water partition coefficient (Wildman–Crippen LogP) is 6.19. The molecule has 8 heteroatoms. The Balaban J connectivity index is 0.000000598. The summed E-state index contributed by atoms with van der Waals surface area (Å²) < 4.78 is 11.1. The van der Waals surface area contributed by atoms with Crippen LogP contribution in [0.2, 0.25) is 0 Å². The number of rotatable bonds is 6. The summed E-state index contributed by atoms with van der Waals surface area (Å²) in [5.41, 5.74) is 4.89. The molecule has 0 fully saturated rings. The van der Waals surface area contributed by atoms with Crippen LogP contribution < -0.4 is 9.88 Å². The average Bonchev–Trinajstić information content (AvgIpc) is 3.57. The molecule has 0 aliphatic heterocycles. The maximum absolute atomic E-state index is 9.40. The quantitative estimate of drug-likeness (QED) is 0.386. The molecule has 3 N–H and O–H groups in total. The number of nitrogens with zero attached hydrogens (tertiary/aromatic N) is 3. The van der Waals surface area contributed by atoms with E-state index in [1.807, 2.05) is 59.7 Å². The van der Waals surface area contributed by atoms with Gasteiger partial charge in [-0.3, -0.25) is 5.14 Å². The zero-order valence-corrected chi connectivity index (χ0v) is 22.5. The van der Waals surface area contributed by atoms with E-state index in [2.05, 4.69) is 22.3 Å². The Morgan fingerprint density at radius 1 is 1.17 bits per heavy atom. The van der Waals surface area contributed by atoms with Crippen LogP contribution in [0.3, 0.4) is 0 Å². The second-order valence-corrected chi connectivity index (χ2v) is 8.05. The zero-order chi connectivity index (χ0) is 26.2. The molecule has 2 aromatic carbocycles. The minimum absolute atomic E-state index is 0.00290. The number of aliphatic hydroxyl groups excluding tert-OH is 1. The van der Waals surface area contributed by atoms with Gasteiger partial charge in [0.05, 0.1) is 18.3 Å². The van der Waals surface area contributed by atoms with Gasteiger partial charge < -0.3 is 14.4 Å². The fourth-order valence-corrected chi connectivity index (χ4v) is 3.54. The number of aromatic nitrogens is 2. The van der Waals surface area contributed by atoms with Gasteiger partial charge in [0.15, 0.2) is 0 Å². The van der Waals surface area contributed by atoms with Crippen molar-refractivity contribution in [1.82, 2.24) is 10.1 Å². The minimum Gasteiger partial charge on any atom is -0.490 e. The number of nitrogens with two attached hydrogens (primary N) is 1. The van der Waals surface area contributed by atoms with Crippen molar-refractivity contribution in [3.05, 3.63) is 53.1 Å². The number of benzene rings is 2. The van der Waals surface area contributed by atoms with Crippen molar-refractivity contribution in [1.29, 1.82) is 5.26 Å². The van der Waals surface area contributed by atoms with E-state index < -0.39 is 0 Å². The fourth-order valence-electron chi connectivity index (χ4n) is 3.44. The number of nitriles is 1. The summed E-state index contributed by atoms with van der Waals surface area (Å²) in [5.74, 6) is 2.20. The molecule has 0 spiro atoms. The standard InChI is InChI=1S/C21H19N3O2.C2H7NOS.2C2H6/c1-13(2)25-19-10-9-15(11-16(19)12-22)21-23-20(24-26-21)18-8-4-6-14-5-3-7-17(14)18;3-5-2-1-4;2*1-2/h4,6,8-11,13H,3,5,7H2,1-2H3;4H,1-3H2;2*1-2H3. The number of aryl methyl sites for hydroxylation is 1. The normalized spacial score (nSPS) is 11.1. The lowest BCUT2D eigenvalue weighted by molar-refractivity contribution is 0.241. The molecule has 4 rings (SSSR count). The molecule has 1 aliphatic carbocycles. The zero-order valence-electron chi connectivity index (χ0n) is 21.7. The summed E-state index contributed by atoms with van der Waals surface area (Å²) in [7, 11) is 0. The first-order valence-corrected chi connectivity index (χ1v) is 13.2. The summed E-state index contributed by atoms with van der Waals surface area (Å²) in [6.07, 6.45) is 3.33. The van der Waals surface area contributed by atoms with Gasteiger partial charge in [0.25, 0.3) is 5.89 Å². The molecule has 35 heavy (non-hydrogen) atoms. The van der Waals surface area contributed by atoms with Crippen LogP contribution in [0.15, 0.2) is 40.9 Å². The lowest BCUT2D eigenvalue weighted by Gasteiger charge is -2.11. The average molecular weight is 499 g/mol. The number of aliphatic hydroxyl groups is 1. The largest absolute Gasteiger partial charge is 0.490 e. The molecule has 190 valence electrons. The maximum Gasteiger partial charge on any atom is 0.258 e. The molecule has 0 bridgehead atoms. The molecule has 0 radical (unpaired) electrons. The van der Waals surface area contributed by atoms with E-state index in [-0.39, 0.29) is 12.7 Å². The van der Waals surface area contributed by atoms with Crippen molar-refractivity contribution in [2.24, 2.45) is 5.14 Å². The van der Waals surface area contributed by atoms with Crippen LogP contribution in [0.25, 0.3) is 22.8 Å². The molecule has 3 aromatic rings. The van der Waals surface area contributed by atoms with Crippen molar-refractivity contribution in [3.63, 3.8) is 0 Å². The van der Waals surface area contributed by atoms with Crippen molar-refractivity contribution >= 4 is 11.9 Å². The summed E-state index contributed by atoms with van der Waals surface area (Å²) in [4.78, 5) is 4.57. The van der Waals surface area contributed by atoms with Gasteiger partial charge in [0, 0.05) is 16.9 Å². The molecule has 1 aromatic heterocycles. The van der Waals surface area contributed by atoms with E-state index in [1.165, 1.54) is 17.5 Å². The molecular formula is C27H38N4O3S. The minimum atomic E-state index is 0.00290. The van der Waals surface area contributed by atoms with Gasteiger partial charge in [-0.25, -0.2) is 0 Å². The third kappa shape index (κ3) is 8.70. The number of hydrogen-bond donors (Lipinski definition) is 2. The summed E-state index contributed by atoms with van der Waals surface area (Å²) in [6, 6.07) is 13.8. The molecule has 0 saturated heterocycles. The highest BCUT2D eigenvalue weighted by atomic mass is 32.2.